The maximum atomic E-state index is 9.03. The van der Waals surface area contributed by atoms with Gasteiger partial charge < -0.3 is 9.84 Å². The Morgan fingerprint density at radius 1 is 0.800 bits per heavy atom. The SMILES string of the molecule is CCCCCCCC/C=C/CCCCCCCCSCC(CO)OC. The second kappa shape index (κ2) is 22.1. The average Bonchev–Trinajstić information content (AvgIpc) is 2.64. The van der Waals surface area contributed by atoms with Crippen molar-refractivity contribution >= 4 is 11.8 Å². The number of rotatable bonds is 20. The fourth-order valence-corrected chi connectivity index (χ4v) is 3.94. The molecule has 0 saturated carbocycles. The van der Waals surface area contributed by atoms with Crippen LogP contribution in [0.15, 0.2) is 12.2 Å². The summed E-state index contributed by atoms with van der Waals surface area (Å²) in [4.78, 5) is 0. The highest BCUT2D eigenvalue weighted by molar-refractivity contribution is 7.99. The van der Waals surface area contributed by atoms with Crippen LogP contribution in [-0.2, 0) is 4.74 Å². The van der Waals surface area contributed by atoms with Gasteiger partial charge in [-0.15, -0.1) is 0 Å². The highest BCUT2D eigenvalue weighted by Crippen LogP contribution is 2.12. The van der Waals surface area contributed by atoms with Crippen LogP contribution in [0.5, 0.6) is 0 Å². The maximum absolute atomic E-state index is 9.03. The molecule has 0 aliphatic rings. The molecule has 2 nitrogen and oxygen atoms in total. The highest BCUT2D eigenvalue weighted by Gasteiger charge is 2.04. The Bertz CT molecular complexity index is 265. The smallest absolute Gasteiger partial charge is 0.0892 e. The molecule has 0 aliphatic carbocycles. The summed E-state index contributed by atoms with van der Waals surface area (Å²) < 4.78 is 5.16. The van der Waals surface area contributed by atoms with E-state index in [1.165, 1.54) is 95.6 Å². The summed E-state index contributed by atoms with van der Waals surface area (Å²) in [5.41, 5.74) is 0. The van der Waals surface area contributed by atoms with E-state index >= 15 is 0 Å². The van der Waals surface area contributed by atoms with Gasteiger partial charge in [-0.25, -0.2) is 0 Å². The summed E-state index contributed by atoms with van der Waals surface area (Å²) >= 11 is 1.90. The number of hydrogen-bond donors (Lipinski definition) is 1. The molecular weight excluding hydrogens is 328 g/mol. The molecule has 0 fully saturated rings. The first-order chi connectivity index (χ1) is 12.3. The van der Waals surface area contributed by atoms with E-state index in [0.717, 1.165) is 5.75 Å². The Balaban J connectivity index is 3.12. The van der Waals surface area contributed by atoms with Gasteiger partial charge in [-0.1, -0.05) is 76.9 Å². The Hall–Kier alpha value is 0.01000. The normalized spacial score (nSPS) is 12.9. The van der Waals surface area contributed by atoms with Gasteiger partial charge in [0, 0.05) is 12.9 Å². The minimum atomic E-state index is 0.0131. The van der Waals surface area contributed by atoms with Crippen LogP contribution in [0.4, 0.5) is 0 Å². The van der Waals surface area contributed by atoms with Gasteiger partial charge in [0.05, 0.1) is 12.7 Å². The van der Waals surface area contributed by atoms with Crippen LogP contribution in [0.3, 0.4) is 0 Å². The van der Waals surface area contributed by atoms with Crippen molar-refractivity contribution in [1.29, 1.82) is 0 Å². The third kappa shape index (κ3) is 20.2. The fourth-order valence-electron chi connectivity index (χ4n) is 2.86. The molecule has 0 aromatic heterocycles. The standard InChI is InChI=1S/C22H44O2S/c1-3-4-5-6-7-8-9-10-11-12-13-14-15-16-17-18-19-25-21-22(20-23)24-2/h10-11,22-23H,3-9,12-21H2,1-2H3/b11-10+. The Morgan fingerprint density at radius 2 is 1.32 bits per heavy atom. The van der Waals surface area contributed by atoms with E-state index in [0.29, 0.717) is 0 Å². The van der Waals surface area contributed by atoms with Crippen molar-refractivity contribution in [2.45, 2.75) is 103 Å². The van der Waals surface area contributed by atoms with Crippen molar-refractivity contribution in [2.24, 2.45) is 0 Å². The van der Waals surface area contributed by atoms with Crippen molar-refractivity contribution in [3.8, 4) is 0 Å². The quantitative estimate of drug-likeness (QED) is 0.189. The molecule has 0 bridgehead atoms. The molecule has 0 radical (unpaired) electrons. The number of aliphatic hydroxyl groups is 1. The lowest BCUT2D eigenvalue weighted by Crippen LogP contribution is -2.18. The van der Waals surface area contributed by atoms with Crippen molar-refractivity contribution < 1.29 is 9.84 Å². The van der Waals surface area contributed by atoms with E-state index in [9.17, 15) is 0 Å². The number of unbranched alkanes of at least 4 members (excludes halogenated alkanes) is 12. The van der Waals surface area contributed by atoms with E-state index < -0.39 is 0 Å². The average molecular weight is 373 g/mol. The first kappa shape index (κ1) is 25.0. The fraction of sp³-hybridized carbons (Fsp3) is 0.909. The molecule has 0 spiro atoms. The van der Waals surface area contributed by atoms with Crippen molar-refractivity contribution in [2.75, 3.05) is 25.2 Å². The Morgan fingerprint density at radius 3 is 1.84 bits per heavy atom. The number of ether oxygens (including phenoxy) is 1. The predicted molar refractivity (Wildman–Crippen MR) is 115 cm³/mol. The zero-order chi connectivity index (χ0) is 18.4. The monoisotopic (exact) mass is 372 g/mol. The molecule has 1 unspecified atom stereocenters. The molecule has 25 heavy (non-hydrogen) atoms. The van der Waals surface area contributed by atoms with E-state index in [1.807, 2.05) is 11.8 Å². The second-order valence-electron chi connectivity index (χ2n) is 7.05. The zero-order valence-corrected chi connectivity index (χ0v) is 17.8. The molecule has 0 heterocycles. The zero-order valence-electron chi connectivity index (χ0n) is 17.0. The first-order valence-electron chi connectivity index (χ1n) is 10.7. The summed E-state index contributed by atoms with van der Waals surface area (Å²) in [6.45, 7) is 2.41. The van der Waals surface area contributed by atoms with Crippen molar-refractivity contribution in [3.63, 3.8) is 0 Å². The summed E-state index contributed by atoms with van der Waals surface area (Å²) in [6, 6.07) is 0. The van der Waals surface area contributed by atoms with Gasteiger partial charge in [0.1, 0.15) is 0 Å². The number of allylic oxidation sites excluding steroid dienone is 2. The van der Waals surface area contributed by atoms with Crippen molar-refractivity contribution in [3.05, 3.63) is 12.2 Å². The van der Waals surface area contributed by atoms with Gasteiger partial charge in [0.25, 0.3) is 0 Å². The van der Waals surface area contributed by atoms with Gasteiger partial charge in [0.15, 0.2) is 0 Å². The van der Waals surface area contributed by atoms with Gasteiger partial charge in [-0.2, -0.15) is 11.8 Å². The van der Waals surface area contributed by atoms with Crippen LogP contribution in [-0.4, -0.2) is 36.4 Å². The lowest BCUT2D eigenvalue weighted by atomic mass is 10.1. The third-order valence-corrected chi connectivity index (χ3v) is 5.83. The maximum Gasteiger partial charge on any atom is 0.0892 e. The van der Waals surface area contributed by atoms with Gasteiger partial charge in [-0.3, -0.25) is 0 Å². The summed E-state index contributed by atoms with van der Waals surface area (Å²) in [5, 5.41) is 9.03. The van der Waals surface area contributed by atoms with E-state index in [4.69, 9.17) is 9.84 Å². The van der Waals surface area contributed by atoms with Gasteiger partial charge in [0.2, 0.25) is 0 Å². The topological polar surface area (TPSA) is 29.5 Å². The number of aliphatic hydroxyl groups excluding tert-OH is 1. The summed E-state index contributed by atoms with van der Waals surface area (Å²) in [6.07, 6.45) is 23.9. The van der Waals surface area contributed by atoms with E-state index in [-0.39, 0.29) is 12.7 Å². The van der Waals surface area contributed by atoms with Gasteiger partial charge in [-0.05, 0) is 37.9 Å². The molecule has 3 heteroatoms. The molecular formula is C22H44O2S. The molecule has 150 valence electrons. The van der Waals surface area contributed by atoms with Crippen LogP contribution in [0.1, 0.15) is 96.8 Å². The molecule has 0 saturated heterocycles. The van der Waals surface area contributed by atoms with Crippen LogP contribution in [0.25, 0.3) is 0 Å². The Kier molecular flexibility index (Phi) is 22.1. The molecule has 0 aromatic rings. The van der Waals surface area contributed by atoms with Crippen LogP contribution in [0, 0.1) is 0 Å². The van der Waals surface area contributed by atoms with Crippen LogP contribution < -0.4 is 0 Å². The number of thioether (sulfide) groups is 1. The van der Waals surface area contributed by atoms with Crippen molar-refractivity contribution in [1.82, 2.24) is 0 Å². The third-order valence-electron chi connectivity index (χ3n) is 4.64. The minimum absolute atomic E-state index is 0.0131. The molecule has 0 aromatic carbocycles. The minimum Gasteiger partial charge on any atom is -0.394 e. The number of hydrogen-bond acceptors (Lipinski definition) is 3. The molecule has 1 N–H and O–H groups in total. The first-order valence-corrected chi connectivity index (χ1v) is 11.9. The Labute approximate surface area is 162 Å². The molecule has 0 amide bonds. The largest absolute Gasteiger partial charge is 0.394 e. The van der Waals surface area contributed by atoms with E-state index in [1.54, 1.807) is 7.11 Å². The highest BCUT2D eigenvalue weighted by atomic mass is 32.2. The van der Waals surface area contributed by atoms with Crippen LogP contribution >= 0.6 is 11.8 Å². The molecule has 0 rings (SSSR count). The lowest BCUT2D eigenvalue weighted by Gasteiger charge is -2.11. The molecule has 0 aliphatic heterocycles. The molecule has 1 atom stereocenters. The van der Waals surface area contributed by atoms with Gasteiger partial charge >= 0.3 is 0 Å². The summed E-state index contributed by atoms with van der Waals surface area (Å²) in [7, 11) is 1.67. The lowest BCUT2D eigenvalue weighted by molar-refractivity contribution is 0.0656. The summed E-state index contributed by atoms with van der Waals surface area (Å²) in [5.74, 6) is 2.11. The second-order valence-corrected chi connectivity index (χ2v) is 8.20. The van der Waals surface area contributed by atoms with Crippen LogP contribution in [0.2, 0.25) is 0 Å². The van der Waals surface area contributed by atoms with E-state index in [2.05, 4.69) is 19.1 Å². The number of methoxy groups -OCH3 is 1. The predicted octanol–water partition coefficient (Wildman–Crippen LogP) is 6.76.